The molecule has 1 aliphatic rings. The number of hydrogen-bond donors (Lipinski definition) is 1. The summed E-state index contributed by atoms with van der Waals surface area (Å²) in [6, 6.07) is 19.6. The Morgan fingerprint density at radius 2 is 1.93 bits per heavy atom. The number of para-hydroxylation sites is 1. The molecule has 1 N–H and O–H groups in total. The number of aromatic amines is 1. The molecular formula is C34H37FN6O4. The zero-order valence-electron chi connectivity index (χ0n) is 25.7. The Labute approximate surface area is 260 Å². The number of nitrogens with one attached hydrogen (secondary N) is 1. The highest BCUT2D eigenvalue weighted by Gasteiger charge is 2.32. The maximum Gasteiger partial charge on any atom is 0.253 e. The highest BCUT2D eigenvalue weighted by Crippen LogP contribution is 2.32. The van der Waals surface area contributed by atoms with E-state index in [-0.39, 0.29) is 24.0 Å². The number of H-pyrrole nitrogens is 1. The first-order valence-corrected chi connectivity index (χ1v) is 15.1. The minimum atomic E-state index is -0.699. The standard InChI is InChI=1S/C34H37FN6O4/c1-22-8-6-10-24-19-27(34(42)36-31(22)24)32(33-37-38-39-41(33)21-26-11-7-17-45-26)40(20-25-9-4-5-12-28(25)35)16-15-23-13-14-29(43-2)30(18-23)44-3/h4-6,8-10,12-14,18-19,26,32H,7,11,15-17,20-21H2,1-3H3,(H,36,42)/t26-,32+/m1/s1. The molecule has 11 heteroatoms. The largest absolute Gasteiger partial charge is 0.493 e. The van der Waals surface area contributed by atoms with Crippen molar-refractivity contribution in [3.05, 3.63) is 111 Å². The van der Waals surface area contributed by atoms with Gasteiger partial charge < -0.3 is 19.2 Å². The van der Waals surface area contributed by atoms with Crippen LogP contribution in [0.1, 0.15) is 47.0 Å². The van der Waals surface area contributed by atoms with Crippen LogP contribution >= 0.6 is 0 Å². The van der Waals surface area contributed by atoms with Crippen molar-refractivity contribution in [1.29, 1.82) is 0 Å². The molecule has 6 rings (SSSR count). The molecule has 0 aliphatic carbocycles. The van der Waals surface area contributed by atoms with Crippen LogP contribution in [0.4, 0.5) is 4.39 Å². The third kappa shape index (κ3) is 6.59. The second kappa shape index (κ2) is 13.6. The maximum atomic E-state index is 15.2. The molecule has 234 valence electrons. The maximum absolute atomic E-state index is 15.2. The number of halogens is 1. The molecule has 0 radical (unpaired) electrons. The van der Waals surface area contributed by atoms with Gasteiger partial charge in [0.1, 0.15) is 11.9 Å². The van der Waals surface area contributed by atoms with E-state index in [9.17, 15) is 4.79 Å². The van der Waals surface area contributed by atoms with Gasteiger partial charge in [0.15, 0.2) is 17.3 Å². The van der Waals surface area contributed by atoms with Crippen molar-refractivity contribution in [2.24, 2.45) is 0 Å². The lowest BCUT2D eigenvalue weighted by Crippen LogP contribution is -2.37. The van der Waals surface area contributed by atoms with Crippen molar-refractivity contribution in [3.63, 3.8) is 0 Å². The van der Waals surface area contributed by atoms with Crippen molar-refractivity contribution in [2.45, 2.75) is 51.4 Å². The first kappa shape index (κ1) is 30.4. The van der Waals surface area contributed by atoms with E-state index in [1.807, 2.05) is 55.5 Å². The molecule has 0 spiro atoms. The van der Waals surface area contributed by atoms with Gasteiger partial charge in [-0.2, -0.15) is 0 Å². The monoisotopic (exact) mass is 612 g/mol. The molecule has 0 unspecified atom stereocenters. The Morgan fingerprint density at radius 3 is 2.71 bits per heavy atom. The molecule has 0 amide bonds. The second-order valence-electron chi connectivity index (χ2n) is 11.4. The van der Waals surface area contributed by atoms with Gasteiger partial charge in [0.05, 0.1) is 32.4 Å². The topological polar surface area (TPSA) is 107 Å². The fraction of sp³-hybridized carbons (Fsp3) is 0.353. The summed E-state index contributed by atoms with van der Waals surface area (Å²) in [4.78, 5) is 19.1. The van der Waals surface area contributed by atoms with Crippen molar-refractivity contribution >= 4 is 10.9 Å². The minimum Gasteiger partial charge on any atom is -0.493 e. The second-order valence-corrected chi connectivity index (χ2v) is 11.4. The van der Waals surface area contributed by atoms with Crippen molar-refractivity contribution in [1.82, 2.24) is 30.1 Å². The Bertz CT molecular complexity index is 1830. The molecule has 10 nitrogen and oxygen atoms in total. The molecule has 1 saturated heterocycles. The van der Waals surface area contributed by atoms with Crippen molar-refractivity contribution in [3.8, 4) is 11.5 Å². The van der Waals surface area contributed by atoms with Crippen LogP contribution in [-0.4, -0.2) is 63.6 Å². The summed E-state index contributed by atoms with van der Waals surface area (Å²) < 4.78 is 33.8. The Kier molecular flexibility index (Phi) is 9.18. The number of fused-ring (bicyclic) bond motifs is 1. The van der Waals surface area contributed by atoms with Crippen LogP contribution in [0.15, 0.2) is 71.5 Å². The Morgan fingerprint density at radius 1 is 1.09 bits per heavy atom. The molecule has 45 heavy (non-hydrogen) atoms. The number of ether oxygens (including phenoxy) is 3. The van der Waals surface area contributed by atoms with E-state index in [1.54, 1.807) is 31.0 Å². The van der Waals surface area contributed by atoms with Gasteiger partial charge in [-0.05, 0) is 77.4 Å². The number of nitrogens with zero attached hydrogens (tertiary/aromatic N) is 5. The summed E-state index contributed by atoms with van der Waals surface area (Å²) in [6.45, 7) is 3.77. The summed E-state index contributed by atoms with van der Waals surface area (Å²) in [7, 11) is 3.20. The number of rotatable bonds is 12. The molecule has 3 aromatic carbocycles. The molecule has 1 aliphatic heterocycles. The summed E-state index contributed by atoms with van der Waals surface area (Å²) in [5, 5.41) is 13.8. The van der Waals surface area contributed by atoms with Gasteiger partial charge in [-0.3, -0.25) is 9.69 Å². The van der Waals surface area contributed by atoms with Crippen molar-refractivity contribution < 1.29 is 18.6 Å². The van der Waals surface area contributed by atoms with E-state index < -0.39 is 6.04 Å². The number of tetrazole rings is 1. The van der Waals surface area contributed by atoms with E-state index in [0.717, 1.165) is 34.9 Å². The first-order chi connectivity index (χ1) is 21.9. The van der Waals surface area contributed by atoms with Crippen LogP contribution < -0.4 is 15.0 Å². The van der Waals surface area contributed by atoms with E-state index >= 15 is 4.39 Å². The SMILES string of the molecule is COc1ccc(CCN(Cc2ccccc2F)[C@@H](c2cc3cccc(C)c3[nH]c2=O)c2nnnn2C[C@H]2CCCO2)cc1OC. The van der Waals surface area contributed by atoms with Crippen LogP contribution in [0.3, 0.4) is 0 Å². The summed E-state index contributed by atoms with van der Waals surface area (Å²) in [6.07, 6.45) is 2.42. The number of aromatic nitrogens is 5. The van der Waals surface area contributed by atoms with Gasteiger partial charge in [-0.15, -0.1) is 5.10 Å². The predicted molar refractivity (Wildman–Crippen MR) is 168 cm³/mol. The van der Waals surface area contributed by atoms with Crippen LogP contribution in [-0.2, 0) is 24.2 Å². The van der Waals surface area contributed by atoms with E-state index in [1.165, 1.54) is 6.07 Å². The van der Waals surface area contributed by atoms with Gasteiger partial charge in [-0.25, -0.2) is 9.07 Å². The predicted octanol–water partition coefficient (Wildman–Crippen LogP) is 4.99. The Balaban J connectivity index is 1.47. The number of pyridine rings is 1. The van der Waals surface area contributed by atoms with E-state index in [0.29, 0.717) is 54.6 Å². The van der Waals surface area contributed by atoms with Gasteiger partial charge in [0.25, 0.3) is 5.56 Å². The number of hydrogen-bond acceptors (Lipinski definition) is 8. The summed E-state index contributed by atoms with van der Waals surface area (Å²) >= 11 is 0. The molecule has 3 heterocycles. The highest BCUT2D eigenvalue weighted by atomic mass is 19.1. The quantitative estimate of drug-likeness (QED) is 0.210. The van der Waals surface area contributed by atoms with Crippen LogP contribution in [0.25, 0.3) is 10.9 Å². The lowest BCUT2D eigenvalue weighted by Gasteiger charge is -2.31. The van der Waals surface area contributed by atoms with Crippen molar-refractivity contribution in [2.75, 3.05) is 27.4 Å². The third-order valence-corrected chi connectivity index (χ3v) is 8.45. The molecule has 0 bridgehead atoms. The average molecular weight is 613 g/mol. The fourth-order valence-electron chi connectivity index (χ4n) is 6.07. The Hall–Kier alpha value is -4.61. The van der Waals surface area contributed by atoms with Crippen LogP contribution in [0, 0.1) is 12.7 Å². The zero-order chi connectivity index (χ0) is 31.3. The molecule has 2 atom stereocenters. The minimum absolute atomic E-state index is 0.0304. The highest BCUT2D eigenvalue weighted by molar-refractivity contribution is 5.82. The van der Waals surface area contributed by atoms with Gasteiger partial charge >= 0.3 is 0 Å². The average Bonchev–Trinajstić information content (AvgIpc) is 3.74. The van der Waals surface area contributed by atoms with Crippen LogP contribution in [0.2, 0.25) is 0 Å². The number of benzene rings is 3. The summed E-state index contributed by atoms with van der Waals surface area (Å²) in [5.41, 5.74) is 3.45. The molecular weight excluding hydrogens is 575 g/mol. The van der Waals surface area contributed by atoms with Gasteiger partial charge in [0, 0.05) is 30.8 Å². The molecule has 2 aromatic heterocycles. The fourth-order valence-corrected chi connectivity index (χ4v) is 6.07. The zero-order valence-corrected chi connectivity index (χ0v) is 25.7. The van der Waals surface area contributed by atoms with E-state index in [2.05, 4.69) is 25.4 Å². The molecule has 5 aromatic rings. The third-order valence-electron chi connectivity index (χ3n) is 8.45. The van der Waals surface area contributed by atoms with E-state index in [4.69, 9.17) is 14.2 Å². The number of methoxy groups -OCH3 is 2. The normalized spacial score (nSPS) is 15.5. The first-order valence-electron chi connectivity index (χ1n) is 15.1. The molecule has 0 saturated carbocycles. The molecule has 1 fully saturated rings. The smallest absolute Gasteiger partial charge is 0.253 e. The van der Waals surface area contributed by atoms with Gasteiger partial charge in [-0.1, -0.05) is 42.5 Å². The number of aryl methyl sites for hydroxylation is 1. The van der Waals surface area contributed by atoms with Crippen LogP contribution in [0.5, 0.6) is 11.5 Å². The lowest BCUT2D eigenvalue weighted by atomic mass is 10.00. The van der Waals surface area contributed by atoms with Gasteiger partial charge in [0.2, 0.25) is 0 Å². The lowest BCUT2D eigenvalue weighted by molar-refractivity contribution is 0.0906. The summed E-state index contributed by atoms with van der Waals surface area (Å²) in [5.74, 6) is 1.42.